The monoisotopic (exact) mass is 1140 g/mol. The Hall–Kier alpha value is -3.41. The number of hydrogen-bond donors (Lipinski definition) is 0. The molecule has 0 aliphatic carbocycles. The number of ether oxygens (including phenoxy) is 3. The van der Waals surface area contributed by atoms with E-state index in [4.69, 9.17) is 14.2 Å². The van der Waals surface area contributed by atoms with Crippen LogP contribution in [0.1, 0.15) is 361 Å². The first kappa shape index (κ1) is 78.6. The Morgan fingerprint density at radius 1 is 0.244 bits per heavy atom. The second-order valence-corrected chi connectivity index (χ2v) is 23.8. The van der Waals surface area contributed by atoms with E-state index in [1.165, 1.54) is 212 Å². The Bertz CT molecular complexity index is 1550. The molecule has 0 saturated heterocycles. The van der Waals surface area contributed by atoms with Crippen LogP contribution in [-0.4, -0.2) is 37.2 Å². The van der Waals surface area contributed by atoms with Crippen molar-refractivity contribution in [2.24, 2.45) is 0 Å². The summed E-state index contributed by atoms with van der Waals surface area (Å²) in [5.74, 6) is -0.888. The first-order chi connectivity index (χ1) is 40.5. The normalized spacial score (nSPS) is 12.6. The van der Waals surface area contributed by atoms with Crippen LogP contribution in [0, 0.1) is 0 Å². The molecule has 0 aromatic carbocycles. The van der Waals surface area contributed by atoms with Crippen LogP contribution in [0.5, 0.6) is 0 Å². The van der Waals surface area contributed by atoms with Gasteiger partial charge in [-0.15, -0.1) is 0 Å². The molecule has 0 aliphatic rings. The number of hydrogen-bond acceptors (Lipinski definition) is 6. The minimum absolute atomic E-state index is 0.0815. The molecule has 0 amide bonds. The van der Waals surface area contributed by atoms with Gasteiger partial charge >= 0.3 is 17.9 Å². The van der Waals surface area contributed by atoms with Crippen LogP contribution in [0.15, 0.2) is 85.1 Å². The minimum Gasteiger partial charge on any atom is -0.462 e. The molecule has 0 aromatic rings. The molecule has 0 aromatic heterocycles. The first-order valence-corrected chi connectivity index (χ1v) is 35.6. The van der Waals surface area contributed by atoms with Crippen molar-refractivity contribution in [3.63, 3.8) is 0 Å². The first-order valence-electron chi connectivity index (χ1n) is 35.6. The van der Waals surface area contributed by atoms with Gasteiger partial charge in [0.2, 0.25) is 0 Å². The number of allylic oxidation sites excluding steroid dienone is 14. The van der Waals surface area contributed by atoms with E-state index in [-0.39, 0.29) is 31.1 Å². The van der Waals surface area contributed by atoms with Gasteiger partial charge < -0.3 is 14.2 Å². The van der Waals surface area contributed by atoms with Crippen molar-refractivity contribution in [3.05, 3.63) is 85.1 Å². The largest absolute Gasteiger partial charge is 0.462 e. The molecule has 0 N–H and O–H groups in total. The third-order valence-electron chi connectivity index (χ3n) is 15.6. The molecular formula is C76H134O6. The maximum Gasteiger partial charge on any atom is 0.306 e. The van der Waals surface area contributed by atoms with Gasteiger partial charge in [-0.1, -0.05) is 311 Å². The average molecular weight is 1140 g/mol. The van der Waals surface area contributed by atoms with Gasteiger partial charge in [0.1, 0.15) is 13.2 Å². The lowest BCUT2D eigenvalue weighted by Gasteiger charge is -2.18. The van der Waals surface area contributed by atoms with Crippen molar-refractivity contribution >= 4 is 17.9 Å². The quantitative estimate of drug-likeness (QED) is 0.0261. The predicted octanol–water partition coefficient (Wildman–Crippen LogP) is 24.6. The van der Waals surface area contributed by atoms with E-state index in [0.717, 1.165) is 109 Å². The molecule has 82 heavy (non-hydrogen) atoms. The Balaban J connectivity index is 4.17. The van der Waals surface area contributed by atoms with Crippen LogP contribution in [-0.2, 0) is 28.6 Å². The molecule has 0 rings (SSSR count). The van der Waals surface area contributed by atoms with Gasteiger partial charge in [-0.2, -0.15) is 0 Å². The Morgan fingerprint density at radius 2 is 0.463 bits per heavy atom. The van der Waals surface area contributed by atoms with E-state index in [1.54, 1.807) is 0 Å². The Labute approximate surface area is 509 Å². The summed E-state index contributed by atoms with van der Waals surface area (Å²) in [6.07, 6.45) is 93.3. The second kappa shape index (κ2) is 70.1. The summed E-state index contributed by atoms with van der Waals surface area (Å²) < 4.78 is 16.9. The van der Waals surface area contributed by atoms with Crippen LogP contribution in [0.4, 0.5) is 0 Å². The molecule has 0 heterocycles. The zero-order valence-corrected chi connectivity index (χ0v) is 54.5. The summed E-state index contributed by atoms with van der Waals surface area (Å²) in [7, 11) is 0. The summed E-state index contributed by atoms with van der Waals surface area (Å²) in [6.45, 7) is 6.57. The second-order valence-electron chi connectivity index (χ2n) is 23.8. The Kier molecular flexibility index (Phi) is 67.2. The molecule has 6 nitrogen and oxygen atoms in total. The molecule has 0 radical (unpaired) electrons. The van der Waals surface area contributed by atoms with Crippen molar-refractivity contribution in [2.45, 2.75) is 367 Å². The van der Waals surface area contributed by atoms with Gasteiger partial charge in [-0.25, -0.2) is 0 Å². The predicted molar refractivity (Wildman–Crippen MR) is 358 cm³/mol. The van der Waals surface area contributed by atoms with Gasteiger partial charge in [-0.3, -0.25) is 14.4 Å². The fraction of sp³-hybridized carbons (Fsp3) is 0.776. The van der Waals surface area contributed by atoms with E-state index in [0.29, 0.717) is 19.3 Å². The zero-order valence-electron chi connectivity index (χ0n) is 54.5. The fourth-order valence-corrected chi connectivity index (χ4v) is 10.2. The molecule has 474 valence electrons. The SMILES string of the molecule is CCC/C=C\C/C=C\CCCCCCCC(=O)OCC(COC(=O)CCCCCCCCCCCCCCCCCCCC/C=C\C/C=C\C/C=C\CCCCCCC)OC(=O)CCCCCCCCC/C=C\C/C=C\CCCCCC. The maximum atomic E-state index is 12.9. The van der Waals surface area contributed by atoms with Gasteiger partial charge in [-0.05, 0) is 116 Å². The van der Waals surface area contributed by atoms with E-state index < -0.39 is 6.10 Å². The van der Waals surface area contributed by atoms with Crippen LogP contribution >= 0.6 is 0 Å². The maximum absolute atomic E-state index is 12.9. The molecule has 0 bridgehead atoms. The lowest BCUT2D eigenvalue weighted by molar-refractivity contribution is -0.167. The fourth-order valence-electron chi connectivity index (χ4n) is 10.2. The summed E-state index contributed by atoms with van der Waals surface area (Å²) in [5.41, 5.74) is 0. The van der Waals surface area contributed by atoms with Crippen molar-refractivity contribution in [3.8, 4) is 0 Å². The van der Waals surface area contributed by atoms with E-state index in [1.807, 2.05) is 0 Å². The van der Waals surface area contributed by atoms with E-state index >= 15 is 0 Å². The van der Waals surface area contributed by atoms with Gasteiger partial charge in [0.15, 0.2) is 6.10 Å². The van der Waals surface area contributed by atoms with Crippen molar-refractivity contribution < 1.29 is 28.6 Å². The highest BCUT2D eigenvalue weighted by atomic mass is 16.6. The molecule has 6 heteroatoms. The number of esters is 3. The average Bonchev–Trinajstić information content (AvgIpc) is 3.47. The lowest BCUT2D eigenvalue weighted by Crippen LogP contribution is -2.30. The van der Waals surface area contributed by atoms with E-state index in [2.05, 4.69) is 106 Å². The van der Waals surface area contributed by atoms with Crippen LogP contribution in [0.25, 0.3) is 0 Å². The van der Waals surface area contributed by atoms with Crippen LogP contribution in [0.3, 0.4) is 0 Å². The highest BCUT2D eigenvalue weighted by molar-refractivity contribution is 5.71. The van der Waals surface area contributed by atoms with Crippen LogP contribution < -0.4 is 0 Å². The molecule has 1 unspecified atom stereocenters. The van der Waals surface area contributed by atoms with Gasteiger partial charge in [0.05, 0.1) is 0 Å². The zero-order chi connectivity index (χ0) is 59.2. The molecule has 1 atom stereocenters. The summed E-state index contributed by atoms with van der Waals surface area (Å²) in [4.78, 5) is 38.4. The minimum atomic E-state index is -0.787. The third kappa shape index (κ3) is 67.4. The van der Waals surface area contributed by atoms with Crippen LogP contribution in [0.2, 0.25) is 0 Å². The number of rotatable bonds is 65. The Morgan fingerprint density at radius 3 is 0.744 bits per heavy atom. The van der Waals surface area contributed by atoms with Crippen molar-refractivity contribution in [1.29, 1.82) is 0 Å². The highest BCUT2D eigenvalue weighted by Gasteiger charge is 2.19. The van der Waals surface area contributed by atoms with E-state index in [9.17, 15) is 14.4 Å². The van der Waals surface area contributed by atoms with Crippen molar-refractivity contribution in [2.75, 3.05) is 13.2 Å². The topological polar surface area (TPSA) is 78.9 Å². The molecule has 0 saturated carbocycles. The number of unbranched alkanes of at least 4 members (excludes halogenated alkanes) is 40. The summed E-state index contributed by atoms with van der Waals surface area (Å²) in [5, 5.41) is 0. The van der Waals surface area contributed by atoms with Crippen molar-refractivity contribution in [1.82, 2.24) is 0 Å². The standard InChI is InChI=1S/C76H134O6/c1-4-7-10-13-16-19-22-25-27-29-31-32-33-34-35-36-37-38-39-40-41-42-43-44-45-47-48-51-54-57-60-63-66-69-75(78)81-72-73(71-80-74(77)68-65-62-59-56-53-50-24-21-18-15-12-9-6-3)82-76(79)70-67-64-61-58-55-52-49-46-30-28-26-23-20-17-14-11-8-5-2/h12,15,20-25,28-31,33-34,73H,4-11,13-14,16-19,26-27,32,35-72H2,1-3H3/b15-12-,23-20-,24-21-,25-22-,30-28-,31-29-,34-33-. The summed E-state index contributed by atoms with van der Waals surface area (Å²) >= 11 is 0. The molecule has 0 fully saturated rings. The number of carbonyl (C=O) groups is 3. The number of carbonyl (C=O) groups excluding carboxylic acids is 3. The molecule has 0 spiro atoms. The molecule has 0 aliphatic heterocycles. The van der Waals surface area contributed by atoms with Gasteiger partial charge in [0, 0.05) is 19.3 Å². The summed E-state index contributed by atoms with van der Waals surface area (Å²) in [6, 6.07) is 0. The van der Waals surface area contributed by atoms with Gasteiger partial charge in [0.25, 0.3) is 0 Å². The smallest absolute Gasteiger partial charge is 0.306 e. The lowest BCUT2D eigenvalue weighted by atomic mass is 10.0. The molecular weight excluding hydrogens is 1010 g/mol. The third-order valence-corrected chi connectivity index (χ3v) is 15.6. The highest BCUT2D eigenvalue weighted by Crippen LogP contribution is 2.17.